The van der Waals surface area contributed by atoms with Crippen molar-refractivity contribution in [3.05, 3.63) is 45.9 Å². The minimum Gasteiger partial charge on any atom is -0.508 e. The number of aromatic nitrogens is 1. The zero-order chi connectivity index (χ0) is 27.4. The number of phenols is 1. The number of carbonyl (C=O) groups excluding carboxylic acids is 3. The summed E-state index contributed by atoms with van der Waals surface area (Å²) in [6, 6.07) is 4.11. The second-order valence-electron chi connectivity index (χ2n) is 10.1. The zero-order valence-electron chi connectivity index (χ0n) is 21.6. The average molecular weight is 543 g/mol. The number of nitrogens with zero attached hydrogens (tertiary/aromatic N) is 3. The lowest BCUT2D eigenvalue weighted by atomic mass is 9.83. The fraction of sp³-hybridized carbons (Fsp3) is 0.519. The number of hydrogen-bond acceptors (Lipinski definition) is 7. The molecule has 38 heavy (non-hydrogen) atoms. The summed E-state index contributed by atoms with van der Waals surface area (Å²) in [5.41, 5.74) is 0.597. The number of amides is 3. The number of hydrogen-bond donors (Lipinski definition) is 3. The van der Waals surface area contributed by atoms with Gasteiger partial charge in [0.15, 0.2) is 0 Å². The van der Waals surface area contributed by atoms with E-state index in [1.807, 2.05) is 0 Å². The minimum absolute atomic E-state index is 0.00136. The van der Waals surface area contributed by atoms with E-state index in [0.29, 0.717) is 23.5 Å². The number of nitrogens with one attached hydrogen (secondary N) is 1. The van der Waals surface area contributed by atoms with Crippen LogP contribution in [0.25, 0.3) is 0 Å². The van der Waals surface area contributed by atoms with Crippen molar-refractivity contribution in [2.75, 3.05) is 13.6 Å². The Balaban J connectivity index is 1.54. The number of carbonyl (C=O) groups is 4. The number of likely N-dealkylation sites (tertiary alicyclic amines) is 1. The summed E-state index contributed by atoms with van der Waals surface area (Å²) in [5, 5.41) is 24.2. The minimum atomic E-state index is -1.22. The Kier molecular flexibility index (Phi) is 8.65. The fourth-order valence-corrected chi connectivity index (χ4v) is 6.22. The molecule has 2 aliphatic rings. The van der Waals surface area contributed by atoms with E-state index in [2.05, 4.69) is 10.3 Å². The van der Waals surface area contributed by atoms with Crippen LogP contribution >= 0.6 is 11.3 Å². The lowest BCUT2D eigenvalue weighted by Crippen LogP contribution is -2.56. The molecule has 2 heterocycles. The molecule has 4 rings (SSSR count). The molecule has 1 aromatic carbocycles. The quantitative estimate of drug-likeness (QED) is 0.431. The summed E-state index contributed by atoms with van der Waals surface area (Å²) in [6.07, 6.45) is 4.93. The standard InChI is InChI=1S/C27H34N4O6S/c1-16(30(2)27(36)37)24(34)29-22(17-8-4-3-5-9-17)26(35)31-13-7-12-21(31)25-28-20(15-38-25)23(33)18-10-6-11-19(32)14-18/h6,10-11,14-17,21-22,32H,3-5,7-9,12-13H2,1-2H3,(H,29,34)(H,36,37)/t16?,21?,22-/m0/s1. The van der Waals surface area contributed by atoms with Crippen LogP contribution in [0.1, 0.15) is 79.0 Å². The highest BCUT2D eigenvalue weighted by Crippen LogP contribution is 2.36. The Morgan fingerprint density at radius 2 is 1.87 bits per heavy atom. The Morgan fingerprint density at radius 1 is 1.13 bits per heavy atom. The molecule has 204 valence electrons. The Morgan fingerprint density at radius 3 is 2.55 bits per heavy atom. The summed E-state index contributed by atoms with van der Waals surface area (Å²) < 4.78 is 0. The molecule has 1 saturated carbocycles. The molecule has 0 radical (unpaired) electrons. The van der Waals surface area contributed by atoms with Crippen molar-refractivity contribution in [1.29, 1.82) is 0 Å². The van der Waals surface area contributed by atoms with Crippen molar-refractivity contribution < 1.29 is 29.4 Å². The molecule has 2 aromatic rings. The number of ketones is 1. The van der Waals surface area contributed by atoms with Crippen LogP contribution in [-0.4, -0.2) is 74.4 Å². The van der Waals surface area contributed by atoms with Crippen molar-refractivity contribution in [1.82, 2.24) is 20.1 Å². The van der Waals surface area contributed by atoms with Crippen LogP contribution in [0.4, 0.5) is 4.79 Å². The fourth-order valence-electron chi connectivity index (χ4n) is 5.27. The van der Waals surface area contributed by atoms with Crippen molar-refractivity contribution in [3.63, 3.8) is 0 Å². The van der Waals surface area contributed by atoms with E-state index in [0.717, 1.165) is 43.4 Å². The first-order chi connectivity index (χ1) is 18.2. The topological polar surface area (TPSA) is 140 Å². The molecule has 3 amide bonds. The zero-order valence-corrected chi connectivity index (χ0v) is 22.4. The summed E-state index contributed by atoms with van der Waals surface area (Å²) >= 11 is 1.32. The third-order valence-electron chi connectivity index (χ3n) is 7.63. The molecule has 1 aromatic heterocycles. The predicted molar refractivity (Wildman–Crippen MR) is 141 cm³/mol. The Bertz CT molecular complexity index is 1190. The van der Waals surface area contributed by atoms with E-state index in [9.17, 15) is 29.4 Å². The molecular formula is C27H34N4O6S. The molecule has 3 atom stereocenters. The van der Waals surface area contributed by atoms with Gasteiger partial charge in [-0.25, -0.2) is 9.78 Å². The molecule has 1 aliphatic carbocycles. The molecule has 1 saturated heterocycles. The van der Waals surface area contributed by atoms with Gasteiger partial charge in [0.25, 0.3) is 0 Å². The third kappa shape index (κ3) is 5.98. The van der Waals surface area contributed by atoms with Crippen molar-refractivity contribution in [3.8, 4) is 5.75 Å². The molecule has 1 aliphatic heterocycles. The molecular weight excluding hydrogens is 508 g/mol. The maximum atomic E-state index is 14.0. The Hall–Kier alpha value is -3.47. The molecule has 11 heteroatoms. The number of benzene rings is 1. The maximum Gasteiger partial charge on any atom is 0.407 e. The highest BCUT2D eigenvalue weighted by Gasteiger charge is 2.40. The SMILES string of the molecule is CC(C(=O)N[C@H](C(=O)N1CCCC1c1nc(C(=O)c2cccc(O)c2)cs1)C1CCCCC1)N(C)C(=O)O. The van der Waals surface area contributed by atoms with Crippen LogP contribution in [0.15, 0.2) is 29.6 Å². The molecule has 3 N–H and O–H groups in total. The van der Waals surface area contributed by atoms with E-state index < -0.39 is 24.1 Å². The van der Waals surface area contributed by atoms with Crippen LogP contribution in [0, 0.1) is 5.92 Å². The van der Waals surface area contributed by atoms with E-state index in [1.54, 1.807) is 22.4 Å². The number of phenolic OH excluding ortho intramolecular Hbond substituents is 1. The monoisotopic (exact) mass is 542 g/mol. The van der Waals surface area contributed by atoms with Gasteiger partial charge in [0.05, 0.1) is 6.04 Å². The summed E-state index contributed by atoms with van der Waals surface area (Å²) in [6.45, 7) is 2.02. The lowest BCUT2D eigenvalue weighted by Gasteiger charge is -2.35. The number of likely N-dealkylation sites (N-methyl/N-ethyl adjacent to an activating group) is 1. The number of aromatic hydroxyl groups is 1. The van der Waals surface area contributed by atoms with Crippen LogP contribution in [-0.2, 0) is 9.59 Å². The van der Waals surface area contributed by atoms with Crippen molar-refractivity contribution in [2.24, 2.45) is 5.92 Å². The molecule has 10 nitrogen and oxygen atoms in total. The predicted octanol–water partition coefficient (Wildman–Crippen LogP) is 3.81. The smallest absolute Gasteiger partial charge is 0.407 e. The summed E-state index contributed by atoms with van der Waals surface area (Å²) in [5.74, 6) is -1.01. The van der Waals surface area contributed by atoms with Gasteiger partial charge in [-0.3, -0.25) is 19.3 Å². The van der Waals surface area contributed by atoms with Gasteiger partial charge in [0, 0.05) is 24.5 Å². The summed E-state index contributed by atoms with van der Waals surface area (Å²) in [4.78, 5) is 58.5. The first-order valence-corrected chi connectivity index (χ1v) is 13.9. The van der Waals surface area contributed by atoms with Crippen LogP contribution in [0.5, 0.6) is 5.75 Å². The lowest BCUT2D eigenvalue weighted by molar-refractivity contribution is -0.140. The first-order valence-electron chi connectivity index (χ1n) is 13.0. The third-order valence-corrected chi connectivity index (χ3v) is 8.58. The van der Waals surface area contributed by atoms with Crippen LogP contribution in [0.3, 0.4) is 0 Å². The molecule has 2 fully saturated rings. The average Bonchev–Trinajstić information content (AvgIpc) is 3.60. The first kappa shape index (κ1) is 27.6. The number of thiazole rings is 1. The van der Waals surface area contributed by atoms with Gasteiger partial charge in [0.2, 0.25) is 17.6 Å². The number of carboxylic acid groups (broad SMARTS) is 1. The summed E-state index contributed by atoms with van der Waals surface area (Å²) in [7, 11) is 1.33. The highest BCUT2D eigenvalue weighted by atomic mass is 32.1. The van der Waals surface area contributed by atoms with Gasteiger partial charge in [-0.05, 0) is 50.7 Å². The molecule has 2 unspecified atom stereocenters. The van der Waals surface area contributed by atoms with Gasteiger partial charge in [-0.15, -0.1) is 11.3 Å². The van der Waals surface area contributed by atoms with Gasteiger partial charge < -0.3 is 20.4 Å². The highest BCUT2D eigenvalue weighted by molar-refractivity contribution is 7.10. The van der Waals surface area contributed by atoms with Crippen molar-refractivity contribution >= 4 is 35.0 Å². The van der Waals surface area contributed by atoms with Crippen LogP contribution < -0.4 is 5.32 Å². The van der Waals surface area contributed by atoms with E-state index in [-0.39, 0.29) is 35.1 Å². The normalized spacial score (nSPS) is 19.5. The van der Waals surface area contributed by atoms with Gasteiger partial charge in [-0.1, -0.05) is 31.4 Å². The number of rotatable bonds is 8. The van der Waals surface area contributed by atoms with Gasteiger partial charge >= 0.3 is 6.09 Å². The molecule has 0 bridgehead atoms. The van der Waals surface area contributed by atoms with Crippen molar-refractivity contribution in [2.45, 2.75) is 70.0 Å². The second kappa shape index (κ2) is 11.9. The van der Waals surface area contributed by atoms with Gasteiger partial charge in [0.1, 0.15) is 28.5 Å². The second-order valence-corrected chi connectivity index (χ2v) is 11.0. The van der Waals surface area contributed by atoms with Gasteiger partial charge in [-0.2, -0.15) is 0 Å². The van der Waals surface area contributed by atoms with E-state index in [1.165, 1.54) is 37.4 Å². The largest absolute Gasteiger partial charge is 0.508 e. The Labute approximate surface area is 225 Å². The van der Waals surface area contributed by atoms with E-state index >= 15 is 0 Å². The van der Waals surface area contributed by atoms with Crippen LogP contribution in [0.2, 0.25) is 0 Å². The maximum absolute atomic E-state index is 14.0. The van der Waals surface area contributed by atoms with E-state index in [4.69, 9.17) is 0 Å². The molecule has 0 spiro atoms.